The highest BCUT2D eigenvalue weighted by molar-refractivity contribution is 5.78. The summed E-state index contributed by atoms with van der Waals surface area (Å²) in [6.07, 6.45) is 23.4. The smallest absolute Gasteiger partial charge is 0.307 e. The van der Waals surface area contributed by atoms with E-state index in [0.29, 0.717) is 13.0 Å². The van der Waals surface area contributed by atoms with Crippen molar-refractivity contribution in [2.24, 2.45) is 5.92 Å². The van der Waals surface area contributed by atoms with Crippen LogP contribution in [0.25, 0.3) is 0 Å². The summed E-state index contributed by atoms with van der Waals surface area (Å²) in [5.41, 5.74) is 0. The Hall–Kier alpha value is -1.32. The predicted octanol–water partition coefficient (Wildman–Crippen LogP) is 7.46. The molecule has 0 amide bonds. The molecule has 1 atom stereocenters. The van der Waals surface area contributed by atoms with Gasteiger partial charge in [0, 0.05) is 0 Å². The first-order valence-electron chi connectivity index (χ1n) is 12.1. The first kappa shape index (κ1) is 27.7. The SMILES string of the molecule is CCCCCCCCCCC/C=C/CCCCCC(CC(=O)OCCC)C(=O)O. The summed E-state index contributed by atoms with van der Waals surface area (Å²) in [6.45, 7) is 4.56. The number of unbranched alkanes of at least 4 members (excludes halogenated alkanes) is 12. The third-order valence-electron chi connectivity index (χ3n) is 5.29. The minimum Gasteiger partial charge on any atom is -0.481 e. The summed E-state index contributed by atoms with van der Waals surface area (Å²) in [6, 6.07) is 0. The Labute approximate surface area is 179 Å². The number of carboxylic acids is 1. The van der Waals surface area contributed by atoms with Crippen molar-refractivity contribution >= 4 is 11.9 Å². The van der Waals surface area contributed by atoms with E-state index in [0.717, 1.165) is 32.1 Å². The van der Waals surface area contributed by atoms with E-state index in [1.54, 1.807) is 0 Å². The fraction of sp³-hybridized carbons (Fsp3) is 0.840. The zero-order valence-corrected chi connectivity index (χ0v) is 19.1. The van der Waals surface area contributed by atoms with Crippen molar-refractivity contribution in [1.82, 2.24) is 0 Å². The highest BCUT2D eigenvalue weighted by Gasteiger charge is 2.21. The molecule has 0 aromatic heterocycles. The van der Waals surface area contributed by atoms with Crippen molar-refractivity contribution < 1.29 is 19.4 Å². The number of allylic oxidation sites excluding steroid dienone is 2. The number of esters is 1. The molecule has 0 rings (SSSR count). The summed E-state index contributed by atoms with van der Waals surface area (Å²) in [5, 5.41) is 9.25. The van der Waals surface area contributed by atoms with E-state index in [9.17, 15) is 14.7 Å². The Bertz CT molecular complexity index is 417. The first-order chi connectivity index (χ1) is 14.1. The van der Waals surface area contributed by atoms with E-state index >= 15 is 0 Å². The molecular formula is C25H46O4. The molecule has 0 aromatic carbocycles. The van der Waals surface area contributed by atoms with Crippen LogP contribution in [0.15, 0.2) is 12.2 Å². The Balaban J connectivity index is 3.53. The number of carbonyl (C=O) groups is 2. The van der Waals surface area contributed by atoms with Crippen molar-refractivity contribution in [3.05, 3.63) is 12.2 Å². The van der Waals surface area contributed by atoms with E-state index in [-0.39, 0.29) is 6.42 Å². The van der Waals surface area contributed by atoms with Crippen molar-refractivity contribution in [2.75, 3.05) is 6.61 Å². The van der Waals surface area contributed by atoms with E-state index in [1.165, 1.54) is 64.2 Å². The Morgan fingerprint density at radius 1 is 0.759 bits per heavy atom. The molecule has 1 N–H and O–H groups in total. The molecule has 0 spiro atoms. The molecule has 4 heteroatoms. The third-order valence-corrected chi connectivity index (χ3v) is 5.29. The second-order valence-corrected chi connectivity index (χ2v) is 8.19. The fourth-order valence-electron chi connectivity index (χ4n) is 3.43. The predicted molar refractivity (Wildman–Crippen MR) is 121 cm³/mol. The van der Waals surface area contributed by atoms with Crippen molar-refractivity contribution in [3.8, 4) is 0 Å². The lowest BCUT2D eigenvalue weighted by atomic mass is 9.97. The van der Waals surface area contributed by atoms with Crippen molar-refractivity contribution in [2.45, 2.75) is 123 Å². The highest BCUT2D eigenvalue weighted by atomic mass is 16.5. The van der Waals surface area contributed by atoms with Gasteiger partial charge in [0.05, 0.1) is 18.9 Å². The number of carboxylic acid groups (broad SMARTS) is 1. The zero-order valence-electron chi connectivity index (χ0n) is 19.1. The maximum atomic E-state index is 11.6. The summed E-state index contributed by atoms with van der Waals surface area (Å²) in [5.74, 6) is -1.89. The second kappa shape index (κ2) is 21.4. The standard InChI is InChI=1S/C25H46O4/c1-3-5-6-7-8-9-10-11-12-13-14-15-16-17-18-19-20-23(25(27)28)22-24(26)29-21-4-2/h14-15,23H,3-13,16-22H2,1-2H3,(H,27,28)/b15-14+. The van der Waals surface area contributed by atoms with Crippen LogP contribution in [0.1, 0.15) is 123 Å². The number of rotatable bonds is 21. The maximum absolute atomic E-state index is 11.6. The van der Waals surface area contributed by atoms with Gasteiger partial charge in [-0.2, -0.15) is 0 Å². The molecule has 0 saturated heterocycles. The van der Waals surface area contributed by atoms with Gasteiger partial charge in [-0.25, -0.2) is 0 Å². The molecule has 29 heavy (non-hydrogen) atoms. The molecule has 0 aromatic rings. The molecular weight excluding hydrogens is 364 g/mol. The minimum atomic E-state index is -0.890. The van der Waals surface area contributed by atoms with E-state index in [2.05, 4.69) is 19.1 Å². The maximum Gasteiger partial charge on any atom is 0.307 e. The molecule has 0 aliphatic carbocycles. The largest absolute Gasteiger partial charge is 0.481 e. The molecule has 1 unspecified atom stereocenters. The number of ether oxygens (including phenoxy) is 1. The average Bonchev–Trinajstić information content (AvgIpc) is 2.70. The number of hydrogen-bond donors (Lipinski definition) is 1. The van der Waals surface area contributed by atoms with Crippen LogP contribution in [0.4, 0.5) is 0 Å². The number of aliphatic carboxylic acids is 1. The Morgan fingerprint density at radius 3 is 1.79 bits per heavy atom. The van der Waals surface area contributed by atoms with Crippen molar-refractivity contribution in [1.29, 1.82) is 0 Å². The van der Waals surface area contributed by atoms with Crippen LogP contribution in [-0.4, -0.2) is 23.7 Å². The van der Waals surface area contributed by atoms with Crippen LogP contribution in [-0.2, 0) is 14.3 Å². The van der Waals surface area contributed by atoms with E-state index < -0.39 is 17.9 Å². The van der Waals surface area contributed by atoms with Gasteiger partial charge in [0.1, 0.15) is 0 Å². The van der Waals surface area contributed by atoms with E-state index in [1.807, 2.05) is 6.92 Å². The van der Waals surface area contributed by atoms with Crippen LogP contribution in [0.3, 0.4) is 0 Å². The summed E-state index contributed by atoms with van der Waals surface area (Å²) < 4.78 is 4.99. The Kier molecular flexibility index (Phi) is 20.4. The zero-order chi connectivity index (χ0) is 21.6. The van der Waals surface area contributed by atoms with Gasteiger partial charge in [-0.3, -0.25) is 9.59 Å². The quantitative estimate of drug-likeness (QED) is 0.121. The molecule has 0 radical (unpaired) electrons. The normalized spacial score (nSPS) is 12.3. The van der Waals surface area contributed by atoms with Gasteiger partial charge < -0.3 is 9.84 Å². The molecule has 0 heterocycles. The van der Waals surface area contributed by atoms with Crippen molar-refractivity contribution in [3.63, 3.8) is 0 Å². The lowest BCUT2D eigenvalue weighted by Crippen LogP contribution is -2.19. The summed E-state index contributed by atoms with van der Waals surface area (Å²) >= 11 is 0. The van der Waals surface area contributed by atoms with Crippen LogP contribution in [0, 0.1) is 5.92 Å². The summed E-state index contributed by atoms with van der Waals surface area (Å²) in [4.78, 5) is 22.9. The lowest BCUT2D eigenvalue weighted by Gasteiger charge is -2.11. The molecule has 4 nitrogen and oxygen atoms in total. The van der Waals surface area contributed by atoms with Crippen LogP contribution < -0.4 is 0 Å². The molecule has 0 fully saturated rings. The van der Waals surface area contributed by atoms with Gasteiger partial charge >= 0.3 is 11.9 Å². The molecule has 0 saturated carbocycles. The van der Waals surface area contributed by atoms with Gasteiger partial charge in [0.15, 0.2) is 0 Å². The van der Waals surface area contributed by atoms with Crippen LogP contribution >= 0.6 is 0 Å². The van der Waals surface area contributed by atoms with Gasteiger partial charge in [0.2, 0.25) is 0 Å². The van der Waals surface area contributed by atoms with Crippen LogP contribution in [0.5, 0.6) is 0 Å². The van der Waals surface area contributed by atoms with E-state index in [4.69, 9.17) is 4.74 Å². The van der Waals surface area contributed by atoms with Gasteiger partial charge in [-0.1, -0.05) is 90.2 Å². The molecule has 0 aliphatic heterocycles. The molecule has 170 valence electrons. The summed E-state index contributed by atoms with van der Waals surface area (Å²) in [7, 11) is 0. The van der Waals surface area contributed by atoms with Gasteiger partial charge in [-0.15, -0.1) is 0 Å². The number of carbonyl (C=O) groups excluding carboxylic acids is 1. The molecule has 0 bridgehead atoms. The van der Waals surface area contributed by atoms with Gasteiger partial charge in [0.25, 0.3) is 0 Å². The third kappa shape index (κ3) is 19.8. The fourth-order valence-corrected chi connectivity index (χ4v) is 3.43. The monoisotopic (exact) mass is 410 g/mol. The Morgan fingerprint density at radius 2 is 1.28 bits per heavy atom. The minimum absolute atomic E-state index is 0.00598. The van der Waals surface area contributed by atoms with Gasteiger partial charge in [-0.05, 0) is 38.5 Å². The number of hydrogen-bond acceptors (Lipinski definition) is 3. The second-order valence-electron chi connectivity index (χ2n) is 8.19. The van der Waals surface area contributed by atoms with Crippen LogP contribution in [0.2, 0.25) is 0 Å². The topological polar surface area (TPSA) is 63.6 Å². The lowest BCUT2D eigenvalue weighted by molar-refractivity contribution is -0.151. The highest BCUT2D eigenvalue weighted by Crippen LogP contribution is 2.16. The first-order valence-corrected chi connectivity index (χ1v) is 12.1. The average molecular weight is 411 g/mol. The molecule has 0 aliphatic rings.